The van der Waals surface area contributed by atoms with Gasteiger partial charge in [0.05, 0.1) is 0 Å². The summed E-state index contributed by atoms with van der Waals surface area (Å²) in [6, 6.07) is 4.04. The highest BCUT2D eigenvalue weighted by Crippen LogP contribution is 2.08. The van der Waals surface area contributed by atoms with E-state index in [-0.39, 0.29) is 0 Å². The monoisotopic (exact) mass is 254 g/mol. The van der Waals surface area contributed by atoms with Crippen LogP contribution in [0.1, 0.15) is 25.8 Å². The molecule has 0 aliphatic heterocycles. The minimum Gasteiger partial charge on any atom is -0.360 e. The molecule has 1 aromatic rings. The molecule has 2 nitrogen and oxygen atoms in total. The van der Waals surface area contributed by atoms with Crippen molar-refractivity contribution in [2.24, 2.45) is 0 Å². The third kappa shape index (κ3) is 5.87. The van der Waals surface area contributed by atoms with Crippen molar-refractivity contribution in [1.29, 1.82) is 0 Å². The predicted molar refractivity (Wildman–Crippen MR) is 82.5 cm³/mol. The number of allylic oxidation sites excluding steroid dienone is 5. The zero-order valence-electron chi connectivity index (χ0n) is 11.8. The number of aryl methyl sites for hydroxylation is 1. The zero-order chi connectivity index (χ0) is 14.1. The van der Waals surface area contributed by atoms with E-state index in [2.05, 4.69) is 35.6 Å². The van der Waals surface area contributed by atoms with Gasteiger partial charge in [-0.25, -0.2) is 0 Å². The lowest BCUT2D eigenvalue weighted by atomic mass is 10.1. The van der Waals surface area contributed by atoms with Crippen molar-refractivity contribution < 1.29 is 0 Å². The first-order valence-electron chi connectivity index (χ1n) is 6.46. The molecule has 0 fully saturated rings. The van der Waals surface area contributed by atoms with Crippen LogP contribution >= 0.6 is 0 Å². The largest absolute Gasteiger partial charge is 0.360 e. The molecule has 0 aromatic carbocycles. The SMILES string of the molecule is C=C/C(C)=C\C(=C/C)NC(=C)CCc1cccnc1. The number of hydrogen-bond donors (Lipinski definition) is 1. The Morgan fingerprint density at radius 3 is 2.84 bits per heavy atom. The second-order valence-corrected chi connectivity index (χ2v) is 4.43. The maximum atomic E-state index is 4.11. The summed E-state index contributed by atoms with van der Waals surface area (Å²) in [6.45, 7) is 11.8. The molecule has 0 atom stereocenters. The Hall–Kier alpha value is -2.09. The molecule has 1 heterocycles. The molecule has 100 valence electrons. The van der Waals surface area contributed by atoms with Gasteiger partial charge in [0.1, 0.15) is 0 Å². The first-order valence-corrected chi connectivity index (χ1v) is 6.46. The van der Waals surface area contributed by atoms with Crippen LogP contribution < -0.4 is 5.32 Å². The van der Waals surface area contributed by atoms with Gasteiger partial charge in [-0.3, -0.25) is 4.98 Å². The fourth-order valence-corrected chi connectivity index (χ4v) is 1.60. The molecule has 0 unspecified atom stereocenters. The van der Waals surface area contributed by atoms with Gasteiger partial charge in [-0.15, -0.1) is 0 Å². The van der Waals surface area contributed by atoms with Crippen molar-refractivity contribution >= 4 is 0 Å². The van der Waals surface area contributed by atoms with Gasteiger partial charge in [0.25, 0.3) is 0 Å². The summed E-state index contributed by atoms with van der Waals surface area (Å²) in [5.41, 5.74) is 4.41. The van der Waals surface area contributed by atoms with Gasteiger partial charge in [0.15, 0.2) is 0 Å². The molecule has 1 N–H and O–H groups in total. The Kier molecular flexibility index (Phi) is 6.37. The van der Waals surface area contributed by atoms with Crippen molar-refractivity contribution in [3.8, 4) is 0 Å². The summed E-state index contributed by atoms with van der Waals surface area (Å²) < 4.78 is 0. The van der Waals surface area contributed by atoms with Crippen LogP contribution in [0, 0.1) is 0 Å². The number of nitrogens with one attached hydrogen (secondary N) is 1. The van der Waals surface area contributed by atoms with Gasteiger partial charge in [0, 0.05) is 23.8 Å². The Bertz CT molecular complexity index is 481. The van der Waals surface area contributed by atoms with Gasteiger partial charge in [-0.1, -0.05) is 31.4 Å². The third-order valence-electron chi connectivity index (χ3n) is 2.78. The first-order chi connectivity index (χ1) is 9.15. The maximum absolute atomic E-state index is 4.11. The summed E-state index contributed by atoms with van der Waals surface area (Å²) in [4.78, 5) is 4.11. The van der Waals surface area contributed by atoms with Crippen LogP contribution in [0.3, 0.4) is 0 Å². The van der Waals surface area contributed by atoms with Crippen molar-refractivity contribution in [2.45, 2.75) is 26.7 Å². The number of hydrogen-bond acceptors (Lipinski definition) is 2. The highest BCUT2D eigenvalue weighted by atomic mass is 14.9. The van der Waals surface area contributed by atoms with E-state index >= 15 is 0 Å². The molecule has 0 spiro atoms. The van der Waals surface area contributed by atoms with Crippen LogP contribution in [-0.2, 0) is 6.42 Å². The van der Waals surface area contributed by atoms with Crippen molar-refractivity contribution in [3.05, 3.63) is 78.4 Å². The summed E-state index contributed by atoms with van der Waals surface area (Å²) >= 11 is 0. The fraction of sp³-hybridized carbons (Fsp3) is 0.235. The van der Waals surface area contributed by atoms with Gasteiger partial charge in [-0.05, 0) is 50.0 Å². The lowest BCUT2D eigenvalue weighted by Crippen LogP contribution is -2.11. The van der Waals surface area contributed by atoms with Crippen LogP contribution in [0.4, 0.5) is 0 Å². The second-order valence-electron chi connectivity index (χ2n) is 4.43. The Balaban J connectivity index is 2.49. The predicted octanol–water partition coefficient (Wildman–Crippen LogP) is 4.15. The smallest absolute Gasteiger partial charge is 0.0340 e. The van der Waals surface area contributed by atoms with Gasteiger partial charge in [-0.2, -0.15) is 0 Å². The topological polar surface area (TPSA) is 24.9 Å². The normalized spacial score (nSPS) is 12.1. The van der Waals surface area contributed by atoms with E-state index in [1.165, 1.54) is 5.56 Å². The first kappa shape index (κ1) is 15.0. The summed E-state index contributed by atoms with van der Waals surface area (Å²) in [7, 11) is 0. The summed E-state index contributed by atoms with van der Waals surface area (Å²) in [6.07, 6.45) is 11.4. The van der Waals surface area contributed by atoms with E-state index in [1.54, 1.807) is 6.20 Å². The van der Waals surface area contributed by atoms with Crippen LogP contribution in [-0.4, -0.2) is 4.98 Å². The maximum Gasteiger partial charge on any atom is 0.0340 e. The molecule has 0 aliphatic rings. The van der Waals surface area contributed by atoms with E-state index in [0.717, 1.165) is 29.8 Å². The number of pyridine rings is 1. The lowest BCUT2D eigenvalue weighted by molar-refractivity contribution is 0.845. The lowest BCUT2D eigenvalue weighted by Gasteiger charge is -2.11. The summed E-state index contributed by atoms with van der Waals surface area (Å²) in [5.74, 6) is 0. The second kappa shape index (κ2) is 8.09. The minimum absolute atomic E-state index is 0.893. The number of aromatic nitrogens is 1. The molecular formula is C17H22N2. The Morgan fingerprint density at radius 2 is 2.26 bits per heavy atom. The molecule has 0 saturated heterocycles. The van der Waals surface area contributed by atoms with E-state index in [1.807, 2.05) is 38.3 Å². The molecule has 2 heteroatoms. The van der Waals surface area contributed by atoms with Crippen LogP contribution in [0.5, 0.6) is 0 Å². The molecule has 1 rings (SSSR count). The highest BCUT2D eigenvalue weighted by molar-refractivity contribution is 5.28. The van der Waals surface area contributed by atoms with E-state index in [0.29, 0.717) is 0 Å². The van der Waals surface area contributed by atoms with Crippen molar-refractivity contribution in [2.75, 3.05) is 0 Å². The molecule has 19 heavy (non-hydrogen) atoms. The molecule has 0 amide bonds. The highest BCUT2D eigenvalue weighted by Gasteiger charge is 1.98. The van der Waals surface area contributed by atoms with E-state index < -0.39 is 0 Å². The molecule has 0 aliphatic carbocycles. The quantitative estimate of drug-likeness (QED) is 0.739. The molecule has 0 radical (unpaired) electrons. The number of rotatable bonds is 7. The zero-order valence-corrected chi connectivity index (χ0v) is 11.8. The Morgan fingerprint density at radius 1 is 1.47 bits per heavy atom. The average molecular weight is 254 g/mol. The van der Waals surface area contributed by atoms with E-state index in [9.17, 15) is 0 Å². The fourth-order valence-electron chi connectivity index (χ4n) is 1.60. The Labute approximate surface area is 116 Å². The van der Waals surface area contributed by atoms with Crippen LogP contribution in [0.25, 0.3) is 0 Å². The van der Waals surface area contributed by atoms with Crippen LogP contribution in [0.2, 0.25) is 0 Å². The van der Waals surface area contributed by atoms with Crippen LogP contribution in [0.15, 0.2) is 72.9 Å². The molecular weight excluding hydrogens is 232 g/mol. The minimum atomic E-state index is 0.893. The third-order valence-corrected chi connectivity index (χ3v) is 2.78. The molecule has 0 bridgehead atoms. The average Bonchev–Trinajstić information content (AvgIpc) is 2.45. The standard InChI is InChI=1S/C17H22N2/c1-5-14(3)12-17(6-2)19-15(4)9-10-16-8-7-11-18-13-16/h5-8,11-13,19H,1,4,9-10H2,2-3H3/b14-12-,17-6+. The summed E-state index contributed by atoms with van der Waals surface area (Å²) in [5, 5.41) is 3.32. The van der Waals surface area contributed by atoms with Gasteiger partial charge < -0.3 is 5.32 Å². The molecule has 1 aromatic heterocycles. The van der Waals surface area contributed by atoms with Gasteiger partial charge >= 0.3 is 0 Å². The molecule has 0 saturated carbocycles. The van der Waals surface area contributed by atoms with Crippen molar-refractivity contribution in [3.63, 3.8) is 0 Å². The van der Waals surface area contributed by atoms with Gasteiger partial charge in [0.2, 0.25) is 0 Å². The van der Waals surface area contributed by atoms with Crippen molar-refractivity contribution in [1.82, 2.24) is 10.3 Å². The van der Waals surface area contributed by atoms with E-state index in [4.69, 9.17) is 0 Å². The number of nitrogens with zero attached hydrogens (tertiary/aromatic N) is 1.